The van der Waals surface area contributed by atoms with E-state index in [4.69, 9.17) is 5.73 Å². The molecule has 0 spiro atoms. The molecule has 1 aromatic heterocycles. The Hall–Kier alpha value is -0.930. The zero-order valence-electron chi connectivity index (χ0n) is 11.1. The lowest BCUT2D eigenvalue weighted by atomic mass is 10.1. The van der Waals surface area contributed by atoms with Gasteiger partial charge < -0.3 is 5.73 Å². The van der Waals surface area contributed by atoms with Gasteiger partial charge in [-0.2, -0.15) is 0 Å². The standard InChI is InChI=1S/C14H25N3/c1-3-5-6-14(11-15)17(4-2)12-13-7-9-16-10-8-13/h7-10,14H,3-6,11-12,15H2,1-2H3. The summed E-state index contributed by atoms with van der Waals surface area (Å²) in [6.07, 6.45) is 7.41. The third-order valence-electron chi connectivity index (χ3n) is 3.22. The third-order valence-corrected chi connectivity index (χ3v) is 3.22. The highest BCUT2D eigenvalue weighted by atomic mass is 15.2. The largest absolute Gasteiger partial charge is 0.329 e. The van der Waals surface area contributed by atoms with Gasteiger partial charge in [-0.25, -0.2) is 0 Å². The van der Waals surface area contributed by atoms with Crippen molar-refractivity contribution in [2.45, 2.75) is 45.7 Å². The van der Waals surface area contributed by atoms with Gasteiger partial charge in [-0.1, -0.05) is 26.7 Å². The predicted molar refractivity (Wildman–Crippen MR) is 72.7 cm³/mol. The molecule has 96 valence electrons. The SMILES string of the molecule is CCCCC(CN)N(CC)Cc1ccncc1. The van der Waals surface area contributed by atoms with Gasteiger partial charge >= 0.3 is 0 Å². The van der Waals surface area contributed by atoms with E-state index in [0.717, 1.165) is 19.6 Å². The van der Waals surface area contributed by atoms with Crippen molar-refractivity contribution in [2.75, 3.05) is 13.1 Å². The number of likely N-dealkylation sites (N-methyl/N-ethyl adjacent to an activating group) is 1. The van der Waals surface area contributed by atoms with E-state index in [-0.39, 0.29) is 0 Å². The number of nitrogens with zero attached hydrogens (tertiary/aromatic N) is 2. The van der Waals surface area contributed by atoms with E-state index in [0.29, 0.717) is 6.04 Å². The first kappa shape index (κ1) is 14.1. The number of pyridine rings is 1. The number of hydrogen-bond acceptors (Lipinski definition) is 3. The first-order chi connectivity index (χ1) is 8.31. The molecule has 0 aliphatic heterocycles. The summed E-state index contributed by atoms with van der Waals surface area (Å²) >= 11 is 0. The van der Waals surface area contributed by atoms with Crippen molar-refractivity contribution in [2.24, 2.45) is 5.73 Å². The van der Waals surface area contributed by atoms with Gasteiger partial charge in [0.05, 0.1) is 0 Å². The number of rotatable bonds is 8. The fourth-order valence-electron chi connectivity index (χ4n) is 2.11. The topological polar surface area (TPSA) is 42.1 Å². The second-order valence-corrected chi connectivity index (χ2v) is 4.45. The fraction of sp³-hybridized carbons (Fsp3) is 0.643. The lowest BCUT2D eigenvalue weighted by Gasteiger charge is -2.29. The Balaban J connectivity index is 2.56. The van der Waals surface area contributed by atoms with Crippen molar-refractivity contribution in [1.82, 2.24) is 9.88 Å². The van der Waals surface area contributed by atoms with Crippen LogP contribution in [0.3, 0.4) is 0 Å². The van der Waals surface area contributed by atoms with Crippen LogP contribution in [0.5, 0.6) is 0 Å². The molecule has 2 N–H and O–H groups in total. The Labute approximate surface area is 105 Å². The Kier molecular flexibility index (Phi) is 6.82. The lowest BCUT2D eigenvalue weighted by molar-refractivity contribution is 0.189. The Morgan fingerprint density at radius 3 is 2.53 bits per heavy atom. The third kappa shape index (κ3) is 4.84. The normalized spacial score (nSPS) is 12.9. The van der Waals surface area contributed by atoms with Crippen molar-refractivity contribution in [1.29, 1.82) is 0 Å². The molecule has 1 aromatic rings. The molecule has 3 nitrogen and oxygen atoms in total. The molecule has 1 atom stereocenters. The molecule has 0 radical (unpaired) electrons. The molecule has 0 fully saturated rings. The number of aromatic nitrogens is 1. The van der Waals surface area contributed by atoms with Crippen molar-refractivity contribution in [3.05, 3.63) is 30.1 Å². The number of nitrogens with two attached hydrogens (primary N) is 1. The molecule has 0 aliphatic rings. The maximum atomic E-state index is 5.89. The summed E-state index contributed by atoms with van der Waals surface area (Å²) in [5.41, 5.74) is 7.21. The van der Waals surface area contributed by atoms with Crippen LogP contribution in [0.4, 0.5) is 0 Å². The van der Waals surface area contributed by atoms with Gasteiger partial charge in [0.25, 0.3) is 0 Å². The summed E-state index contributed by atoms with van der Waals surface area (Å²) < 4.78 is 0. The second kappa shape index (κ2) is 8.20. The zero-order chi connectivity index (χ0) is 12.5. The van der Waals surface area contributed by atoms with E-state index in [1.54, 1.807) is 0 Å². The van der Waals surface area contributed by atoms with Gasteiger partial charge in [0.2, 0.25) is 0 Å². The molecule has 0 saturated heterocycles. The molecule has 17 heavy (non-hydrogen) atoms. The highest BCUT2D eigenvalue weighted by Gasteiger charge is 2.14. The molecule has 0 aliphatic carbocycles. The van der Waals surface area contributed by atoms with Crippen molar-refractivity contribution < 1.29 is 0 Å². The van der Waals surface area contributed by atoms with Gasteiger partial charge in [0, 0.05) is 31.5 Å². The van der Waals surface area contributed by atoms with Gasteiger partial charge in [-0.15, -0.1) is 0 Å². The van der Waals surface area contributed by atoms with Crippen LogP contribution in [0.25, 0.3) is 0 Å². The second-order valence-electron chi connectivity index (χ2n) is 4.45. The molecule has 0 saturated carbocycles. The van der Waals surface area contributed by atoms with Gasteiger partial charge in [0.1, 0.15) is 0 Å². The average molecular weight is 235 g/mol. The average Bonchev–Trinajstić information content (AvgIpc) is 2.39. The maximum Gasteiger partial charge on any atom is 0.0271 e. The summed E-state index contributed by atoms with van der Waals surface area (Å²) in [5.74, 6) is 0. The van der Waals surface area contributed by atoms with Crippen LogP contribution in [-0.4, -0.2) is 29.0 Å². The number of hydrogen-bond donors (Lipinski definition) is 1. The van der Waals surface area contributed by atoms with E-state index >= 15 is 0 Å². The van der Waals surface area contributed by atoms with Gasteiger partial charge in [-0.3, -0.25) is 9.88 Å². The highest BCUT2D eigenvalue weighted by molar-refractivity contribution is 5.09. The summed E-state index contributed by atoms with van der Waals surface area (Å²) in [6.45, 7) is 7.21. The molecular weight excluding hydrogens is 210 g/mol. The quantitative estimate of drug-likeness (QED) is 0.752. The minimum atomic E-state index is 0.508. The first-order valence-corrected chi connectivity index (χ1v) is 6.64. The van der Waals surface area contributed by atoms with E-state index in [2.05, 4.69) is 35.9 Å². The van der Waals surface area contributed by atoms with Crippen molar-refractivity contribution in [3.8, 4) is 0 Å². The molecule has 0 aromatic carbocycles. The molecule has 0 bridgehead atoms. The molecule has 1 rings (SSSR count). The van der Waals surface area contributed by atoms with E-state index in [1.165, 1.54) is 24.8 Å². The molecule has 3 heteroatoms. The van der Waals surface area contributed by atoms with Gasteiger partial charge in [-0.05, 0) is 30.7 Å². The molecular formula is C14H25N3. The van der Waals surface area contributed by atoms with Crippen LogP contribution in [0.2, 0.25) is 0 Å². The highest BCUT2D eigenvalue weighted by Crippen LogP contribution is 2.12. The summed E-state index contributed by atoms with van der Waals surface area (Å²) in [7, 11) is 0. The van der Waals surface area contributed by atoms with E-state index < -0.39 is 0 Å². The van der Waals surface area contributed by atoms with Crippen LogP contribution in [0.1, 0.15) is 38.7 Å². The Morgan fingerprint density at radius 1 is 1.29 bits per heavy atom. The first-order valence-electron chi connectivity index (χ1n) is 6.64. The minimum absolute atomic E-state index is 0.508. The van der Waals surface area contributed by atoms with E-state index in [1.807, 2.05) is 12.4 Å². The summed E-state index contributed by atoms with van der Waals surface area (Å²) in [6, 6.07) is 4.67. The van der Waals surface area contributed by atoms with Crippen molar-refractivity contribution >= 4 is 0 Å². The molecule has 1 heterocycles. The van der Waals surface area contributed by atoms with Crippen LogP contribution >= 0.6 is 0 Å². The minimum Gasteiger partial charge on any atom is -0.329 e. The van der Waals surface area contributed by atoms with Gasteiger partial charge in [0.15, 0.2) is 0 Å². The lowest BCUT2D eigenvalue weighted by Crippen LogP contribution is -2.40. The van der Waals surface area contributed by atoms with Crippen molar-refractivity contribution in [3.63, 3.8) is 0 Å². The van der Waals surface area contributed by atoms with Crippen LogP contribution in [-0.2, 0) is 6.54 Å². The Morgan fingerprint density at radius 2 is 2.00 bits per heavy atom. The van der Waals surface area contributed by atoms with Crippen LogP contribution < -0.4 is 5.73 Å². The smallest absolute Gasteiger partial charge is 0.0271 e. The molecule has 0 amide bonds. The molecule has 1 unspecified atom stereocenters. The fourth-order valence-corrected chi connectivity index (χ4v) is 2.11. The van der Waals surface area contributed by atoms with Crippen LogP contribution in [0, 0.1) is 0 Å². The Bertz CT molecular complexity index is 287. The monoisotopic (exact) mass is 235 g/mol. The van der Waals surface area contributed by atoms with E-state index in [9.17, 15) is 0 Å². The van der Waals surface area contributed by atoms with Crippen LogP contribution in [0.15, 0.2) is 24.5 Å². The maximum absolute atomic E-state index is 5.89. The number of unbranched alkanes of at least 4 members (excludes halogenated alkanes) is 1. The summed E-state index contributed by atoms with van der Waals surface area (Å²) in [4.78, 5) is 6.51. The predicted octanol–water partition coefficient (Wildman–Crippen LogP) is 2.42. The summed E-state index contributed by atoms with van der Waals surface area (Å²) in [5, 5.41) is 0. The zero-order valence-corrected chi connectivity index (χ0v) is 11.1.